The Bertz CT molecular complexity index is 370. The highest BCUT2D eigenvalue weighted by atomic mass is 16.2. The molecule has 0 amide bonds. The first-order chi connectivity index (χ1) is 8.17. The fourth-order valence-corrected chi connectivity index (χ4v) is 2.02. The molecule has 0 aromatic heterocycles. The average molecular weight is 254 g/mol. The number of carbonyl (C=O) groups excluding carboxylic acids is 5. The summed E-state index contributed by atoms with van der Waals surface area (Å²) in [5, 5.41) is 0. The van der Waals surface area contributed by atoms with E-state index >= 15 is 0 Å². The Morgan fingerprint density at radius 2 is 1.11 bits per heavy atom. The second-order valence-electron chi connectivity index (χ2n) is 4.40. The second-order valence-corrected chi connectivity index (χ2v) is 4.40. The fraction of sp³-hybridized carbons (Fsp3) is 0.615. The van der Waals surface area contributed by atoms with Gasteiger partial charge < -0.3 is 4.79 Å². The van der Waals surface area contributed by atoms with Crippen LogP contribution in [0.4, 0.5) is 0 Å². The van der Waals surface area contributed by atoms with E-state index in [2.05, 4.69) is 0 Å². The van der Waals surface area contributed by atoms with Crippen molar-refractivity contribution in [1.29, 1.82) is 0 Å². The van der Waals surface area contributed by atoms with Crippen LogP contribution in [0.1, 0.15) is 47.0 Å². The van der Waals surface area contributed by atoms with Gasteiger partial charge in [0.2, 0.25) is 5.41 Å². The van der Waals surface area contributed by atoms with Crippen molar-refractivity contribution in [2.75, 3.05) is 0 Å². The topological polar surface area (TPSA) is 85.3 Å². The molecule has 0 aromatic carbocycles. The molecule has 0 fully saturated rings. The predicted octanol–water partition coefficient (Wildman–Crippen LogP) is 1.07. The Morgan fingerprint density at radius 1 is 0.722 bits per heavy atom. The van der Waals surface area contributed by atoms with Crippen LogP contribution in [0.2, 0.25) is 0 Å². The summed E-state index contributed by atoms with van der Waals surface area (Å²) < 4.78 is 0. The lowest BCUT2D eigenvalue weighted by atomic mass is 9.72. The van der Waals surface area contributed by atoms with E-state index in [1.54, 1.807) is 0 Å². The SMILES string of the molecule is CC(=O)CCCC(=O)C(C(C)=O)(C(C)=O)C(C)=O. The third-order valence-corrected chi connectivity index (χ3v) is 2.94. The van der Waals surface area contributed by atoms with Crippen LogP contribution >= 0.6 is 0 Å². The van der Waals surface area contributed by atoms with E-state index in [0.717, 1.165) is 20.8 Å². The van der Waals surface area contributed by atoms with Crippen molar-refractivity contribution in [3.8, 4) is 0 Å². The molecule has 0 N–H and O–H groups in total. The number of rotatable bonds is 8. The van der Waals surface area contributed by atoms with E-state index < -0.39 is 28.5 Å². The lowest BCUT2D eigenvalue weighted by molar-refractivity contribution is -0.152. The molecule has 0 rings (SSSR count). The van der Waals surface area contributed by atoms with Crippen LogP contribution in [0.15, 0.2) is 0 Å². The molecule has 0 heterocycles. The molecule has 0 saturated carbocycles. The molecule has 0 saturated heterocycles. The number of hydrogen-bond acceptors (Lipinski definition) is 5. The van der Waals surface area contributed by atoms with Gasteiger partial charge in [0.05, 0.1) is 0 Å². The average Bonchev–Trinajstić information content (AvgIpc) is 2.15. The summed E-state index contributed by atoms with van der Waals surface area (Å²) in [5.41, 5.74) is -2.17. The predicted molar refractivity (Wildman–Crippen MR) is 64.0 cm³/mol. The molecule has 0 aliphatic rings. The minimum Gasteiger partial charge on any atom is -0.300 e. The minimum absolute atomic E-state index is 0.0816. The highest BCUT2D eigenvalue weighted by molar-refractivity contribution is 6.37. The largest absolute Gasteiger partial charge is 0.300 e. The zero-order chi connectivity index (χ0) is 14.5. The van der Waals surface area contributed by atoms with E-state index in [0.29, 0.717) is 0 Å². The number of hydrogen-bond donors (Lipinski definition) is 0. The van der Waals surface area contributed by atoms with E-state index in [9.17, 15) is 24.0 Å². The molecule has 0 aliphatic carbocycles. The van der Waals surface area contributed by atoms with Crippen LogP contribution < -0.4 is 0 Å². The molecule has 0 spiro atoms. The molecule has 0 aromatic rings. The van der Waals surface area contributed by atoms with Crippen molar-refractivity contribution in [2.45, 2.75) is 47.0 Å². The van der Waals surface area contributed by atoms with Crippen molar-refractivity contribution >= 4 is 28.9 Å². The Kier molecular flexibility index (Phi) is 5.75. The van der Waals surface area contributed by atoms with Crippen LogP contribution in [0.5, 0.6) is 0 Å². The molecule has 0 unspecified atom stereocenters. The van der Waals surface area contributed by atoms with Crippen molar-refractivity contribution in [3.63, 3.8) is 0 Å². The molecular weight excluding hydrogens is 236 g/mol. The van der Waals surface area contributed by atoms with E-state index in [1.807, 2.05) is 0 Å². The molecule has 0 radical (unpaired) electrons. The van der Waals surface area contributed by atoms with Gasteiger partial charge >= 0.3 is 0 Å². The lowest BCUT2D eigenvalue weighted by Crippen LogP contribution is -2.49. The van der Waals surface area contributed by atoms with Crippen LogP contribution in [0, 0.1) is 5.41 Å². The molecule has 18 heavy (non-hydrogen) atoms. The van der Waals surface area contributed by atoms with E-state index in [4.69, 9.17) is 0 Å². The van der Waals surface area contributed by atoms with Crippen LogP contribution in [0.25, 0.3) is 0 Å². The quantitative estimate of drug-likeness (QED) is 0.605. The van der Waals surface area contributed by atoms with Gasteiger partial charge in [0.25, 0.3) is 0 Å². The highest BCUT2D eigenvalue weighted by Crippen LogP contribution is 2.26. The molecule has 5 heteroatoms. The molecule has 0 atom stereocenters. The Hall–Kier alpha value is -1.65. The van der Waals surface area contributed by atoms with Crippen molar-refractivity contribution < 1.29 is 24.0 Å². The summed E-state index contributed by atoms with van der Waals surface area (Å²) in [5.74, 6) is -3.06. The maximum atomic E-state index is 12.0. The third-order valence-electron chi connectivity index (χ3n) is 2.94. The van der Waals surface area contributed by atoms with Gasteiger partial charge in [0.15, 0.2) is 23.1 Å². The fourth-order valence-electron chi connectivity index (χ4n) is 2.02. The van der Waals surface area contributed by atoms with Gasteiger partial charge in [-0.05, 0) is 34.1 Å². The summed E-state index contributed by atoms with van der Waals surface area (Å²) in [7, 11) is 0. The van der Waals surface area contributed by atoms with E-state index in [1.165, 1.54) is 6.92 Å². The summed E-state index contributed by atoms with van der Waals surface area (Å²) in [6, 6.07) is 0. The van der Waals surface area contributed by atoms with Crippen LogP contribution in [-0.4, -0.2) is 28.9 Å². The highest BCUT2D eigenvalue weighted by Gasteiger charge is 2.51. The molecule has 0 aliphatic heterocycles. The number of Topliss-reactive ketones (excluding diaryl/α,β-unsaturated/α-hetero) is 5. The number of carbonyl (C=O) groups is 5. The zero-order valence-corrected chi connectivity index (χ0v) is 11.2. The minimum atomic E-state index is -2.17. The first-order valence-corrected chi connectivity index (χ1v) is 5.73. The van der Waals surface area contributed by atoms with Gasteiger partial charge in [-0.1, -0.05) is 0 Å². The molecule has 5 nitrogen and oxygen atoms in total. The maximum Gasteiger partial charge on any atom is 0.202 e. The number of ketones is 5. The Balaban J connectivity index is 5.16. The zero-order valence-electron chi connectivity index (χ0n) is 11.2. The third kappa shape index (κ3) is 3.18. The van der Waals surface area contributed by atoms with Gasteiger partial charge in [0.1, 0.15) is 5.78 Å². The first-order valence-electron chi connectivity index (χ1n) is 5.73. The van der Waals surface area contributed by atoms with E-state index in [-0.39, 0.29) is 25.0 Å². The van der Waals surface area contributed by atoms with Gasteiger partial charge in [-0.3, -0.25) is 19.2 Å². The summed E-state index contributed by atoms with van der Waals surface area (Å²) in [6.45, 7) is 4.57. The maximum absolute atomic E-state index is 12.0. The van der Waals surface area contributed by atoms with Gasteiger partial charge in [-0.25, -0.2) is 0 Å². The standard InChI is InChI=1S/C13H18O5/c1-8(14)6-5-7-12(18)13(9(2)15,10(3)16)11(4)17/h5-7H2,1-4H3. The Morgan fingerprint density at radius 3 is 1.39 bits per heavy atom. The normalized spacial score (nSPS) is 10.9. The second kappa shape index (κ2) is 6.33. The first kappa shape index (κ1) is 16.4. The van der Waals surface area contributed by atoms with Gasteiger partial charge in [-0.15, -0.1) is 0 Å². The van der Waals surface area contributed by atoms with Crippen molar-refractivity contribution in [3.05, 3.63) is 0 Å². The van der Waals surface area contributed by atoms with Crippen LogP contribution in [-0.2, 0) is 24.0 Å². The smallest absolute Gasteiger partial charge is 0.202 e. The lowest BCUT2D eigenvalue weighted by Gasteiger charge is -2.23. The molecular formula is C13H18O5. The van der Waals surface area contributed by atoms with Crippen molar-refractivity contribution in [1.82, 2.24) is 0 Å². The monoisotopic (exact) mass is 254 g/mol. The summed E-state index contributed by atoms with van der Waals surface area (Å²) >= 11 is 0. The van der Waals surface area contributed by atoms with Crippen molar-refractivity contribution in [2.24, 2.45) is 5.41 Å². The van der Waals surface area contributed by atoms with Gasteiger partial charge in [-0.2, -0.15) is 0 Å². The Labute approximate surface area is 106 Å². The summed E-state index contributed by atoms with van der Waals surface area (Å²) in [4.78, 5) is 57.4. The molecule has 0 bridgehead atoms. The summed E-state index contributed by atoms with van der Waals surface area (Å²) in [6.07, 6.45) is 0.303. The van der Waals surface area contributed by atoms with Crippen LogP contribution in [0.3, 0.4) is 0 Å². The van der Waals surface area contributed by atoms with Gasteiger partial charge in [0, 0.05) is 12.8 Å². The molecule has 100 valence electrons.